The van der Waals surface area contributed by atoms with E-state index in [9.17, 15) is 9.59 Å². The molecule has 1 aromatic carbocycles. The Hall–Kier alpha value is -2.08. The number of nitrogens with zero attached hydrogens (tertiary/aromatic N) is 1. The fraction of sp³-hybridized carbons (Fsp3) is 0.600. The molecule has 6 nitrogen and oxygen atoms in total. The Balaban J connectivity index is 1.98. The molecule has 144 valence electrons. The fourth-order valence-corrected chi connectivity index (χ4v) is 3.19. The zero-order chi connectivity index (χ0) is 18.8. The van der Waals surface area contributed by atoms with E-state index in [-0.39, 0.29) is 11.8 Å². The standard InChI is InChI=1S/C20H32N4O2/c1-2-3-10-18(23-19(25)11-7-12-21)20(26)22-16-8-6-9-17(15-16)24-13-4-5-14-24/h6,8-9,15,18H,2-5,7,10-14,21H2,1H3,(H,22,26)(H,23,25). The molecule has 1 heterocycles. The molecule has 1 aliphatic rings. The first-order valence-electron chi connectivity index (χ1n) is 9.79. The van der Waals surface area contributed by atoms with Crippen molar-refractivity contribution in [1.82, 2.24) is 5.32 Å². The quantitative estimate of drug-likeness (QED) is 0.598. The van der Waals surface area contributed by atoms with E-state index in [4.69, 9.17) is 5.73 Å². The molecule has 1 aromatic rings. The van der Waals surface area contributed by atoms with Crippen molar-refractivity contribution >= 4 is 23.2 Å². The van der Waals surface area contributed by atoms with E-state index in [0.717, 1.165) is 37.3 Å². The third kappa shape index (κ3) is 6.33. The number of carbonyl (C=O) groups excluding carboxylic acids is 2. The second kappa shape index (κ2) is 10.8. The summed E-state index contributed by atoms with van der Waals surface area (Å²) in [4.78, 5) is 27.0. The lowest BCUT2D eigenvalue weighted by atomic mass is 10.1. The molecule has 0 bridgehead atoms. The van der Waals surface area contributed by atoms with Gasteiger partial charge in [0, 0.05) is 30.9 Å². The maximum atomic E-state index is 12.7. The van der Waals surface area contributed by atoms with Gasteiger partial charge in [0.1, 0.15) is 6.04 Å². The first-order chi connectivity index (χ1) is 12.6. The summed E-state index contributed by atoms with van der Waals surface area (Å²) in [5.74, 6) is -0.268. The smallest absolute Gasteiger partial charge is 0.246 e. The Kier molecular flexibility index (Phi) is 8.41. The van der Waals surface area contributed by atoms with Crippen LogP contribution in [0, 0.1) is 0 Å². The van der Waals surface area contributed by atoms with Gasteiger partial charge in [-0.05, 0) is 50.4 Å². The summed E-state index contributed by atoms with van der Waals surface area (Å²) in [6, 6.07) is 7.44. The number of carbonyl (C=O) groups is 2. The third-order valence-corrected chi connectivity index (χ3v) is 4.69. The summed E-state index contributed by atoms with van der Waals surface area (Å²) < 4.78 is 0. The van der Waals surface area contributed by atoms with Crippen LogP contribution < -0.4 is 21.3 Å². The van der Waals surface area contributed by atoms with Crippen molar-refractivity contribution in [3.63, 3.8) is 0 Å². The molecule has 2 rings (SSSR count). The first kappa shape index (κ1) is 20.2. The zero-order valence-electron chi connectivity index (χ0n) is 15.8. The number of unbranched alkanes of at least 4 members (excludes halogenated alkanes) is 1. The molecule has 1 fully saturated rings. The molecule has 2 amide bonds. The molecule has 0 saturated carbocycles. The summed E-state index contributed by atoms with van der Waals surface area (Å²) in [6.07, 6.45) is 5.93. The van der Waals surface area contributed by atoms with E-state index in [0.29, 0.717) is 25.8 Å². The van der Waals surface area contributed by atoms with Crippen LogP contribution in [0.25, 0.3) is 0 Å². The van der Waals surface area contributed by atoms with Gasteiger partial charge in [-0.15, -0.1) is 0 Å². The van der Waals surface area contributed by atoms with Crippen LogP contribution in [0.4, 0.5) is 11.4 Å². The predicted molar refractivity (Wildman–Crippen MR) is 106 cm³/mol. The molecular weight excluding hydrogens is 328 g/mol. The summed E-state index contributed by atoms with van der Waals surface area (Å²) in [5.41, 5.74) is 7.36. The second-order valence-corrected chi connectivity index (χ2v) is 6.89. The molecule has 4 N–H and O–H groups in total. The van der Waals surface area contributed by atoms with Gasteiger partial charge in [-0.2, -0.15) is 0 Å². The average molecular weight is 361 g/mol. The lowest BCUT2D eigenvalue weighted by Crippen LogP contribution is -2.43. The Bertz CT molecular complexity index is 585. The molecule has 0 aliphatic carbocycles. The lowest BCUT2D eigenvalue weighted by molar-refractivity contribution is -0.126. The van der Waals surface area contributed by atoms with Gasteiger partial charge in [-0.25, -0.2) is 0 Å². The number of hydrogen-bond donors (Lipinski definition) is 3. The summed E-state index contributed by atoms with van der Waals surface area (Å²) in [6.45, 7) is 4.68. The number of anilines is 2. The molecule has 0 spiro atoms. The topological polar surface area (TPSA) is 87.5 Å². The zero-order valence-corrected chi connectivity index (χ0v) is 15.8. The van der Waals surface area contributed by atoms with Crippen LogP contribution in [0.15, 0.2) is 24.3 Å². The number of hydrogen-bond acceptors (Lipinski definition) is 4. The molecule has 1 unspecified atom stereocenters. The molecule has 6 heteroatoms. The molecule has 26 heavy (non-hydrogen) atoms. The van der Waals surface area contributed by atoms with Crippen LogP contribution in [0.2, 0.25) is 0 Å². The number of benzene rings is 1. The van der Waals surface area contributed by atoms with Gasteiger partial charge in [0.15, 0.2) is 0 Å². The molecule has 0 radical (unpaired) electrons. The predicted octanol–water partition coefficient (Wildman–Crippen LogP) is 2.64. The van der Waals surface area contributed by atoms with Gasteiger partial charge in [-0.1, -0.05) is 25.8 Å². The van der Waals surface area contributed by atoms with Gasteiger partial charge in [0.2, 0.25) is 11.8 Å². The highest BCUT2D eigenvalue weighted by Gasteiger charge is 2.20. The fourth-order valence-electron chi connectivity index (χ4n) is 3.19. The molecule has 1 aliphatic heterocycles. The van der Waals surface area contributed by atoms with Crippen molar-refractivity contribution in [2.75, 3.05) is 29.9 Å². The molecular formula is C20H32N4O2. The minimum Gasteiger partial charge on any atom is -0.371 e. The van der Waals surface area contributed by atoms with Crippen molar-refractivity contribution in [2.24, 2.45) is 5.73 Å². The summed E-state index contributed by atoms with van der Waals surface area (Å²) in [7, 11) is 0. The monoisotopic (exact) mass is 360 g/mol. The molecule has 0 aromatic heterocycles. The van der Waals surface area contributed by atoms with Crippen molar-refractivity contribution in [3.05, 3.63) is 24.3 Å². The molecule has 1 atom stereocenters. The van der Waals surface area contributed by atoms with E-state index in [1.165, 1.54) is 12.8 Å². The van der Waals surface area contributed by atoms with Crippen LogP contribution in [-0.4, -0.2) is 37.5 Å². The third-order valence-electron chi connectivity index (χ3n) is 4.69. The van der Waals surface area contributed by atoms with Crippen molar-refractivity contribution in [3.8, 4) is 0 Å². The summed E-state index contributed by atoms with van der Waals surface area (Å²) in [5, 5.41) is 5.83. The maximum absolute atomic E-state index is 12.7. The van der Waals surface area contributed by atoms with E-state index >= 15 is 0 Å². The average Bonchev–Trinajstić information content (AvgIpc) is 3.18. The Morgan fingerprint density at radius 3 is 2.69 bits per heavy atom. The number of rotatable bonds is 10. The normalized spacial score (nSPS) is 14.9. The Labute approximate surface area is 156 Å². The number of amides is 2. The number of nitrogens with two attached hydrogens (primary N) is 1. The SMILES string of the molecule is CCCCC(NC(=O)CCCN)C(=O)Nc1cccc(N2CCCC2)c1. The lowest BCUT2D eigenvalue weighted by Gasteiger charge is -2.20. The van der Waals surface area contributed by atoms with Crippen molar-refractivity contribution < 1.29 is 9.59 Å². The Morgan fingerprint density at radius 1 is 1.23 bits per heavy atom. The van der Waals surface area contributed by atoms with Crippen molar-refractivity contribution in [1.29, 1.82) is 0 Å². The van der Waals surface area contributed by atoms with Gasteiger partial charge in [0.05, 0.1) is 0 Å². The van der Waals surface area contributed by atoms with Crippen LogP contribution >= 0.6 is 0 Å². The van der Waals surface area contributed by atoms with E-state index in [2.05, 4.69) is 28.5 Å². The van der Waals surface area contributed by atoms with Crippen LogP contribution in [0.5, 0.6) is 0 Å². The maximum Gasteiger partial charge on any atom is 0.246 e. The van der Waals surface area contributed by atoms with E-state index < -0.39 is 6.04 Å². The van der Waals surface area contributed by atoms with Gasteiger partial charge >= 0.3 is 0 Å². The van der Waals surface area contributed by atoms with Gasteiger partial charge in [-0.3, -0.25) is 9.59 Å². The largest absolute Gasteiger partial charge is 0.371 e. The highest BCUT2D eigenvalue weighted by atomic mass is 16.2. The highest BCUT2D eigenvalue weighted by Crippen LogP contribution is 2.23. The Morgan fingerprint density at radius 2 is 2.00 bits per heavy atom. The minimum absolute atomic E-state index is 0.113. The molecule has 1 saturated heterocycles. The summed E-state index contributed by atoms with van der Waals surface area (Å²) >= 11 is 0. The highest BCUT2D eigenvalue weighted by molar-refractivity contribution is 5.97. The first-order valence-corrected chi connectivity index (χ1v) is 9.79. The van der Waals surface area contributed by atoms with Crippen LogP contribution in [0.3, 0.4) is 0 Å². The van der Waals surface area contributed by atoms with E-state index in [1.807, 2.05) is 18.2 Å². The van der Waals surface area contributed by atoms with Crippen LogP contribution in [-0.2, 0) is 9.59 Å². The second-order valence-electron chi connectivity index (χ2n) is 6.89. The van der Waals surface area contributed by atoms with E-state index in [1.54, 1.807) is 0 Å². The minimum atomic E-state index is -0.504. The number of nitrogens with one attached hydrogen (secondary N) is 2. The van der Waals surface area contributed by atoms with Crippen molar-refractivity contribution in [2.45, 2.75) is 57.9 Å². The van der Waals surface area contributed by atoms with Gasteiger partial charge < -0.3 is 21.3 Å². The van der Waals surface area contributed by atoms with Crippen LogP contribution in [0.1, 0.15) is 51.9 Å². The van der Waals surface area contributed by atoms with Gasteiger partial charge in [0.25, 0.3) is 0 Å².